The van der Waals surface area contributed by atoms with Crippen LogP contribution in [0, 0.1) is 0 Å². The van der Waals surface area contributed by atoms with E-state index in [4.69, 9.17) is 10.8 Å². The molecule has 0 saturated carbocycles. The normalized spacial score (nSPS) is 21.2. The average Bonchev–Trinajstić information content (AvgIpc) is 2.74. The first kappa shape index (κ1) is 12.5. The van der Waals surface area contributed by atoms with E-state index in [1.54, 1.807) is 0 Å². The molecule has 96 valence electrons. The van der Waals surface area contributed by atoms with Crippen LogP contribution in [0.3, 0.4) is 0 Å². The summed E-state index contributed by atoms with van der Waals surface area (Å²) in [5.41, 5.74) is 8.20. The minimum absolute atomic E-state index is 0.144. The number of nitrogens with zero attached hydrogens (tertiary/aromatic N) is 2. The minimum atomic E-state index is 0.144. The van der Waals surface area contributed by atoms with Crippen LogP contribution in [-0.4, -0.2) is 34.1 Å². The quantitative estimate of drug-likeness (QED) is 0.684. The summed E-state index contributed by atoms with van der Waals surface area (Å²) in [4.78, 5) is 0. The van der Waals surface area contributed by atoms with E-state index in [2.05, 4.69) is 17.3 Å². The Morgan fingerprint density at radius 3 is 3.24 bits per heavy atom. The standard InChI is InChI=1S/C12H22N4O/c1-9(7-13)15-11-3-2-4-12-10(11)8-14-16(12)5-6-17/h8-9,11,15,17H,2-7,13H2,1H3. The van der Waals surface area contributed by atoms with Gasteiger partial charge in [-0.3, -0.25) is 4.68 Å². The summed E-state index contributed by atoms with van der Waals surface area (Å²) in [6.07, 6.45) is 5.30. The molecule has 0 aliphatic heterocycles. The van der Waals surface area contributed by atoms with Crippen LogP contribution in [0.4, 0.5) is 0 Å². The lowest BCUT2D eigenvalue weighted by atomic mass is 9.92. The molecule has 17 heavy (non-hydrogen) atoms. The van der Waals surface area contributed by atoms with Gasteiger partial charge in [-0.05, 0) is 26.2 Å². The van der Waals surface area contributed by atoms with Crippen molar-refractivity contribution in [1.29, 1.82) is 0 Å². The summed E-state index contributed by atoms with van der Waals surface area (Å²) in [6, 6.07) is 0.692. The van der Waals surface area contributed by atoms with Crippen LogP contribution in [-0.2, 0) is 13.0 Å². The first-order chi connectivity index (χ1) is 8.26. The van der Waals surface area contributed by atoms with Gasteiger partial charge in [0, 0.05) is 29.9 Å². The number of aromatic nitrogens is 2. The van der Waals surface area contributed by atoms with Crippen molar-refractivity contribution in [1.82, 2.24) is 15.1 Å². The van der Waals surface area contributed by atoms with Gasteiger partial charge >= 0.3 is 0 Å². The van der Waals surface area contributed by atoms with E-state index >= 15 is 0 Å². The minimum Gasteiger partial charge on any atom is -0.394 e. The van der Waals surface area contributed by atoms with Crippen molar-refractivity contribution in [3.63, 3.8) is 0 Å². The summed E-state index contributed by atoms with van der Waals surface area (Å²) >= 11 is 0. The predicted octanol–water partition coefficient (Wildman–Crippen LogP) is 0.190. The van der Waals surface area contributed by atoms with E-state index < -0.39 is 0 Å². The van der Waals surface area contributed by atoms with E-state index in [1.165, 1.54) is 17.7 Å². The molecule has 1 aromatic heterocycles. The Morgan fingerprint density at radius 2 is 2.53 bits per heavy atom. The van der Waals surface area contributed by atoms with Gasteiger partial charge in [0.1, 0.15) is 0 Å². The van der Waals surface area contributed by atoms with E-state index in [-0.39, 0.29) is 6.61 Å². The highest BCUT2D eigenvalue weighted by Gasteiger charge is 2.24. The molecule has 1 aliphatic rings. The molecule has 1 heterocycles. The van der Waals surface area contributed by atoms with E-state index in [0.29, 0.717) is 25.2 Å². The maximum Gasteiger partial charge on any atom is 0.0644 e. The number of nitrogens with two attached hydrogens (primary N) is 1. The zero-order chi connectivity index (χ0) is 12.3. The molecule has 0 bridgehead atoms. The highest BCUT2D eigenvalue weighted by Crippen LogP contribution is 2.29. The summed E-state index contributed by atoms with van der Waals surface area (Å²) in [5.74, 6) is 0. The first-order valence-corrected chi connectivity index (χ1v) is 6.37. The van der Waals surface area contributed by atoms with Crippen LogP contribution in [0.25, 0.3) is 0 Å². The van der Waals surface area contributed by atoms with E-state index in [0.717, 1.165) is 12.8 Å². The Bertz CT molecular complexity index is 363. The Kier molecular flexibility index (Phi) is 4.15. The molecule has 0 amide bonds. The summed E-state index contributed by atoms with van der Waals surface area (Å²) in [5, 5.41) is 16.9. The van der Waals surface area contributed by atoms with Gasteiger partial charge in [0.05, 0.1) is 19.3 Å². The van der Waals surface area contributed by atoms with Crippen LogP contribution in [0.1, 0.15) is 37.1 Å². The van der Waals surface area contributed by atoms with Crippen molar-refractivity contribution >= 4 is 0 Å². The number of fused-ring (bicyclic) bond motifs is 1. The molecule has 0 aromatic carbocycles. The molecule has 1 aliphatic carbocycles. The van der Waals surface area contributed by atoms with Crippen molar-refractivity contribution < 1.29 is 5.11 Å². The molecule has 0 spiro atoms. The number of hydrogen-bond acceptors (Lipinski definition) is 4. The van der Waals surface area contributed by atoms with Crippen molar-refractivity contribution in [2.75, 3.05) is 13.2 Å². The van der Waals surface area contributed by atoms with Gasteiger partial charge in [-0.1, -0.05) is 0 Å². The van der Waals surface area contributed by atoms with Gasteiger partial charge in [0.25, 0.3) is 0 Å². The monoisotopic (exact) mass is 238 g/mol. The van der Waals surface area contributed by atoms with Crippen molar-refractivity contribution in [3.8, 4) is 0 Å². The fraction of sp³-hybridized carbons (Fsp3) is 0.750. The van der Waals surface area contributed by atoms with Crippen molar-refractivity contribution in [2.24, 2.45) is 5.73 Å². The maximum absolute atomic E-state index is 9.00. The lowest BCUT2D eigenvalue weighted by Crippen LogP contribution is -2.37. The van der Waals surface area contributed by atoms with E-state index in [1.807, 2.05) is 10.9 Å². The van der Waals surface area contributed by atoms with Gasteiger partial charge in [0.2, 0.25) is 0 Å². The van der Waals surface area contributed by atoms with E-state index in [9.17, 15) is 0 Å². The van der Waals surface area contributed by atoms with Crippen molar-refractivity contribution in [3.05, 3.63) is 17.5 Å². The zero-order valence-electron chi connectivity index (χ0n) is 10.4. The number of hydrogen-bond donors (Lipinski definition) is 3. The summed E-state index contributed by atoms with van der Waals surface area (Å²) in [7, 11) is 0. The summed E-state index contributed by atoms with van der Waals surface area (Å²) < 4.78 is 1.93. The number of aliphatic hydroxyl groups is 1. The van der Waals surface area contributed by atoms with Gasteiger partial charge in [-0.2, -0.15) is 5.10 Å². The Hall–Kier alpha value is -0.910. The number of nitrogens with one attached hydrogen (secondary N) is 1. The second-order valence-corrected chi connectivity index (χ2v) is 4.74. The maximum atomic E-state index is 9.00. The fourth-order valence-corrected chi connectivity index (χ4v) is 2.49. The van der Waals surface area contributed by atoms with Crippen LogP contribution >= 0.6 is 0 Å². The third-order valence-corrected chi connectivity index (χ3v) is 3.41. The lowest BCUT2D eigenvalue weighted by molar-refractivity contribution is 0.266. The third kappa shape index (κ3) is 2.68. The topological polar surface area (TPSA) is 76.1 Å². The highest BCUT2D eigenvalue weighted by molar-refractivity contribution is 5.25. The molecule has 1 aromatic rings. The Morgan fingerprint density at radius 1 is 1.71 bits per heavy atom. The molecule has 2 rings (SSSR count). The molecule has 5 nitrogen and oxygen atoms in total. The average molecular weight is 238 g/mol. The first-order valence-electron chi connectivity index (χ1n) is 6.37. The molecule has 5 heteroatoms. The van der Waals surface area contributed by atoms with Crippen LogP contribution in [0.2, 0.25) is 0 Å². The van der Waals surface area contributed by atoms with Gasteiger partial charge in [-0.15, -0.1) is 0 Å². The Labute approximate surface area is 102 Å². The van der Waals surface area contributed by atoms with Gasteiger partial charge < -0.3 is 16.2 Å². The van der Waals surface area contributed by atoms with Crippen LogP contribution in [0.5, 0.6) is 0 Å². The molecule has 0 fully saturated rings. The SMILES string of the molecule is CC(CN)NC1CCCc2c1cnn2CCO. The van der Waals surface area contributed by atoms with Crippen LogP contribution in [0.15, 0.2) is 6.20 Å². The third-order valence-electron chi connectivity index (χ3n) is 3.41. The summed E-state index contributed by atoms with van der Waals surface area (Å²) in [6.45, 7) is 3.49. The molecule has 0 radical (unpaired) electrons. The number of aliphatic hydroxyl groups excluding tert-OH is 1. The predicted molar refractivity (Wildman–Crippen MR) is 66.6 cm³/mol. The van der Waals surface area contributed by atoms with Gasteiger partial charge in [0.15, 0.2) is 0 Å². The zero-order valence-corrected chi connectivity index (χ0v) is 10.4. The second kappa shape index (κ2) is 5.62. The molecule has 2 unspecified atom stereocenters. The van der Waals surface area contributed by atoms with Crippen molar-refractivity contribution in [2.45, 2.75) is 44.8 Å². The molecule has 4 N–H and O–H groups in total. The lowest BCUT2D eigenvalue weighted by Gasteiger charge is -2.26. The smallest absolute Gasteiger partial charge is 0.0644 e. The van der Waals surface area contributed by atoms with Gasteiger partial charge in [-0.25, -0.2) is 0 Å². The Balaban J connectivity index is 2.14. The molecular formula is C12H22N4O. The number of rotatable bonds is 5. The second-order valence-electron chi connectivity index (χ2n) is 4.74. The molecule has 2 atom stereocenters. The fourth-order valence-electron chi connectivity index (χ4n) is 2.49. The molecule has 0 saturated heterocycles. The largest absolute Gasteiger partial charge is 0.394 e. The highest BCUT2D eigenvalue weighted by atomic mass is 16.3. The van der Waals surface area contributed by atoms with Crippen LogP contribution < -0.4 is 11.1 Å². The molecular weight excluding hydrogens is 216 g/mol.